The number of imidazole rings is 1. The summed E-state index contributed by atoms with van der Waals surface area (Å²) in [5, 5.41) is 9.15. The first-order valence-electron chi connectivity index (χ1n) is 8.96. The van der Waals surface area contributed by atoms with Crippen LogP contribution in [0.15, 0.2) is 35.3 Å². The molecule has 2 N–H and O–H groups in total. The fourth-order valence-corrected chi connectivity index (χ4v) is 4.11. The predicted molar refractivity (Wildman–Crippen MR) is 109 cm³/mol. The minimum Gasteiger partial charge on any atom is -0.493 e. The van der Waals surface area contributed by atoms with E-state index in [0.717, 1.165) is 12.5 Å². The Morgan fingerprint density at radius 3 is 2.63 bits per heavy atom. The summed E-state index contributed by atoms with van der Waals surface area (Å²) in [6.07, 6.45) is 2.19. The first kappa shape index (κ1) is 21.4. The van der Waals surface area contributed by atoms with Crippen molar-refractivity contribution < 1.29 is 27.8 Å². The van der Waals surface area contributed by atoms with Gasteiger partial charge in [-0.3, -0.25) is 4.57 Å². The Balaban J connectivity index is 2.23. The summed E-state index contributed by atoms with van der Waals surface area (Å²) in [5.74, 6) is -0.693. The molecule has 0 bridgehead atoms. The Kier molecular flexibility index (Phi) is 5.83. The number of methoxy groups -OCH3 is 1. The van der Waals surface area contributed by atoms with Gasteiger partial charge in [0.05, 0.1) is 36.6 Å². The third-order valence-corrected chi connectivity index (χ3v) is 5.37. The minimum atomic E-state index is -3.51. The predicted octanol–water partition coefficient (Wildman–Crippen LogP) is 1.46. The maximum absolute atomic E-state index is 12.7. The van der Waals surface area contributed by atoms with Gasteiger partial charge in [0, 0.05) is 12.5 Å². The van der Waals surface area contributed by atoms with Crippen molar-refractivity contribution in [3.63, 3.8) is 0 Å². The normalized spacial score (nSPS) is 12.6. The number of aromatic amines is 1. The van der Waals surface area contributed by atoms with Crippen molar-refractivity contribution in [3.05, 3.63) is 52.1 Å². The van der Waals surface area contributed by atoms with Gasteiger partial charge < -0.3 is 19.6 Å². The summed E-state index contributed by atoms with van der Waals surface area (Å²) in [4.78, 5) is 30.6. The zero-order chi connectivity index (χ0) is 22.1. The molecule has 0 unspecified atom stereocenters. The number of carboxylic acid groups (broad SMARTS) is 1. The summed E-state index contributed by atoms with van der Waals surface area (Å²) in [6.45, 7) is 2.16. The number of carbonyl (C=O) groups is 1. The van der Waals surface area contributed by atoms with Gasteiger partial charge >= 0.3 is 11.7 Å². The number of hydrogen-bond acceptors (Lipinski definition) is 7. The minimum absolute atomic E-state index is 0.0985. The van der Waals surface area contributed by atoms with E-state index in [4.69, 9.17) is 14.6 Å². The number of rotatable bonds is 8. The number of ether oxygens (including phenoxy) is 2. The number of fused-ring (bicyclic) bond motifs is 1. The number of aromatic nitrogens is 3. The molecule has 11 heteroatoms. The second kappa shape index (κ2) is 8.19. The molecule has 0 radical (unpaired) electrons. The van der Waals surface area contributed by atoms with E-state index in [2.05, 4.69) is 9.97 Å². The topological polar surface area (TPSA) is 141 Å². The van der Waals surface area contributed by atoms with Gasteiger partial charge in [0.2, 0.25) is 0 Å². The Labute approximate surface area is 172 Å². The third kappa shape index (κ3) is 4.30. The lowest BCUT2D eigenvalue weighted by Crippen LogP contribution is -2.28. The molecule has 1 atom stereocenters. The van der Waals surface area contributed by atoms with Crippen molar-refractivity contribution in [2.24, 2.45) is 0 Å². The summed E-state index contributed by atoms with van der Waals surface area (Å²) >= 11 is 0. The molecule has 0 aliphatic rings. The number of nitrogens with one attached hydrogen (secondary N) is 1. The molecule has 2 heterocycles. The van der Waals surface area contributed by atoms with E-state index in [9.17, 15) is 18.0 Å². The lowest BCUT2D eigenvalue weighted by atomic mass is 10.1. The highest BCUT2D eigenvalue weighted by molar-refractivity contribution is 7.90. The van der Waals surface area contributed by atoms with Gasteiger partial charge in [-0.05, 0) is 30.7 Å². The molecule has 0 saturated carbocycles. The number of hydrogen-bond donors (Lipinski definition) is 2. The summed E-state index contributed by atoms with van der Waals surface area (Å²) in [5.41, 5.74) is 0.127. The Morgan fingerprint density at radius 2 is 2.03 bits per heavy atom. The number of nitrogens with zero attached hydrogens (tertiary/aromatic N) is 2. The van der Waals surface area contributed by atoms with Crippen LogP contribution in [0.4, 0.5) is 0 Å². The summed E-state index contributed by atoms with van der Waals surface area (Å²) in [6, 6.07) is 5.25. The van der Waals surface area contributed by atoms with Crippen LogP contribution in [-0.4, -0.2) is 59.8 Å². The van der Waals surface area contributed by atoms with E-state index in [0.29, 0.717) is 23.7 Å². The van der Waals surface area contributed by atoms with Gasteiger partial charge in [-0.15, -0.1) is 0 Å². The van der Waals surface area contributed by atoms with E-state index in [1.54, 1.807) is 25.1 Å². The van der Waals surface area contributed by atoms with Gasteiger partial charge in [0.15, 0.2) is 17.1 Å². The first-order valence-corrected chi connectivity index (χ1v) is 11.0. The van der Waals surface area contributed by atoms with Crippen molar-refractivity contribution in [2.45, 2.75) is 13.0 Å². The molecule has 0 aliphatic carbocycles. The van der Waals surface area contributed by atoms with Gasteiger partial charge in [0.1, 0.15) is 9.84 Å². The smallest absolute Gasteiger partial charge is 0.337 e. The van der Waals surface area contributed by atoms with E-state index in [1.807, 2.05) is 0 Å². The van der Waals surface area contributed by atoms with Crippen molar-refractivity contribution in [1.82, 2.24) is 14.5 Å². The molecule has 0 aliphatic heterocycles. The van der Waals surface area contributed by atoms with Crippen LogP contribution in [0, 0.1) is 0 Å². The number of aromatic carboxylic acids is 1. The number of H-pyrrole nitrogens is 1. The second-order valence-electron chi connectivity index (χ2n) is 6.65. The molecule has 0 saturated heterocycles. The Morgan fingerprint density at radius 1 is 1.30 bits per heavy atom. The SMILES string of the molecule is CCOc1cc([C@@H](CS(C)(=O)=O)n2c(=O)[nH]c3cc(C(=O)O)cnc32)ccc1OC. The van der Waals surface area contributed by atoms with Gasteiger partial charge in [0.25, 0.3) is 0 Å². The molecule has 0 amide bonds. The zero-order valence-corrected chi connectivity index (χ0v) is 17.4. The van der Waals surface area contributed by atoms with Crippen LogP contribution in [0.1, 0.15) is 28.9 Å². The maximum Gasteiger partial charge on any atom is 0.337 e. The fraction of sp³-hybridized carbons (Fsp3) is 0.316. The molecule has 10 nitrogen and oxygen atoms in total. The molecular formula is C19H21N3O7S. The highest BCUT2D eigenvalue weighted by Gasteiger charge is 2.26. The van der Waals surface area contributed by atoms with Crippen molar-refractivity contribution in [1.29, 1.82) is 0 Å². The van der Waals surface area contributed by atoms with E-state index < -0.39 is 27.5 Å². The molecule has 1 aromatic carbocycles. The van der Waals surface area contributed by atoms with Gasteiger partial charge in [-0.2, -0.15) is 0 Å². The molecule has 30 heavy (non-hydrogen) atoms. The zero-order valence-electron chi connectivity index (χ0n) is 16.6. The first-order chi connectivity index (χ1) is 14.1. The summed E-state index contributed by atoms with van der Waals surface area (Å²) in [7, 11) is -2.03. The maximum atomic E-state index is 12.7. The lowest BCUT2D eigenvalue weighted by Gasteiger charge is -2.20. The highest BCUT2D eigenvalue weighted by Crippen LogP contribution is 2.32. The van der Waals surface area contributed by atoms with Gasteiger partial charge in [-0.1, -0.05) is 6.07 Å². The molecule has 3 aromatic rings. The molecule has 0 spiro atoms. The lowest BCUT2D eigenvalue weighted by molar-refractivity contribution is 0.0696. The largest absolute Gasteiger partial charge is 0.493 e. The molecule has 0 fully saturated rings. The van der Waals surface area contributed by atoms with Crippen LogP contribution < -0.4 is 15.2 Å². The van der Waals surface area contributed by atoms with Crippen LogP contribution >= 0.6 is 0 Å². The number of carboxylic acids is 1. The van der Waals surface area contributed by atoms with Crippen LogP contribution in [0.3, 0.4) is 0 Å². The Bertz CT molecular complexity index is 1260. The number of benzene rings is 1. The van der Waals surface area contributed by atoms with Gasteiger partial charge in [-0.25, -0.2) is 23.0 Å². The van der Waals surface area contributed by atoms with Crippen LogP contribution in [0.2, 0.25) is 0 Å². The average Bonchev–Trinajstić information content (AvgIpc) is 3.00. The average molecular weight is 435 g/mol. The highest BCUT2D eigenvalue weighted by atomic mass is 32.2. The van der Waals surface area contributed by atoms with Crippen molar-refractivity contribution in [2.75, 3.05) is 25.7 Å². The molecule has 3 rings (SSSR count). The second-order valence-corrected chi connectivity index (χ2v) is 8.84. The van der Waals surface area contributed by atoms with Crippen LogP contribution in [0.5, 0.6) is 11.5 Å². The molecule has 160 valence electrons. The standard InChI is InChI=1S/C19H21N3O7S/c1-4-29-16-8-11(5-6-15(16)28-2)14(10-30(3,26)27)22-17-13(21-19(22)25)7-12(9-20-17)18(23)24/h5-9,14H,4,10H2,1-3H3,(H,21,25)(H,23,24)/t14-/m1/s1. The monoisotopic (exact) mass is 435 g/mol. The Hall–Kier alpha value is -3.34. The van der Waals surface area contributed by atoms with Crippen molar-refractivity contribution in [3.8, 4) is 11.5 Å². The van der Waals surface area contributed by atoms with E-state index >= 15 is 0 Å². The van der Waals surface area contributed by atoms with E-state index in [1.165, 1.54) is 17.7 Å². The number of sulfone groups is 1. The molecular weight excluding hydrogens is 414 g/mol. The van der Waals surface area contributed by atoms with Crippen molar-refractivity contribution >= 4 is 27.0 Å². The molecule has 2 aromatic heterocycles. The quantitative estimate of drug-likeness (QED) is 0.542. The van der Waals surface area contributed by atoms with Crippen LogP contribution in [0.25, 0.3) is 11.2 Å². The summed E-state index contributed by atoms with van der Waals surface area (Å²) < 4.78 is 36.4. The van der Waals surface area contributed by atoms with E-state index in [-0.39, 0.29) is 22.5 Å². The van der Waals surface area contributed by atoms with Crippen LogP contribution in [-0.2, 0) is 9.84 Å². The fourth-order valence-electron chi connectivity index (χ4n) is 3.19. The third-order valence-electron chi connectivity index (χ3n) is 4.45. The number of pyridine rings is 1.